The number of fused-ring (bicyclic) bond motifs is 1. The highest BCUT2D eigenvalue weighted by atomic mass is 19.4. The zero-order valence-corrected chi connectivity index (χ0v) is 16.6. The summed E-state index contributed by atoms with van der Waals surface area (Å²) >= 11 is 0. The van der Waals surface area contributed by atoms with E-state index in [4.69, 9.17) is 14.2 Å². The summed E-state index contributed by atoms with van der Waals surface area (Å²) in [7, 11) is 0. The molecular formula is C21H19F3N2O5. The van der Waals surface area contributed by atoms with E-state index >= 15 is 0 Å². The topological polar surface area (TPSA) is 93.7 Å². The van der Waals surface area contributed by atoms with Crippen LogP contribution in [0.5, 0.6) is 5.75 Å². The van der Waals surface area contributed by atoms with E-state index in [-0.39, 0.29) is 41.4 Å². The highest BCUT2D eigenvalue weighted by Crippen LogP contribution is 2.39. The molecule has 0 aliphatic carbocycles. The summed E-state index contributed by atoms with van der Waals surface area (Å²) in [6, 6.07) is 7.91. The Hall–Kier alpha value is -3.11. The average molecular weight is 436 g/mol. The number of hydrogen-bond donors (Lipinski definition) is 2. The van der Waals surface area contributed by atoms with Crippen LogP contribution in [0.4, 0.5) is 13.2 Å². The number of halogens is 3. The van der Waals surface area contributed by atoms with Crippen LogP contribution in [0.2, 0.25) is 0 Å². The SMILES string of the molecule is CC1(C)OCC(COc2ccc(-c3nc4c(C(=O)O)cccc4[nH]3)c(C(F)(F)F)c2)O1. The van der Waals surface area contributed by atoms with Crippen molar-refractivity contribution in [1.82, 2.24) is 9.97 Å². The summed E-state index contributed by atoms with van der Waals surface area (Å²) < 4.78 is 57.9. The minimum absolute atomic E-state index is 0.0201. The van der Waals surface area contributed by atoms with E-state index in [9.17, 15) is 23.1 Å². The molecule has 2 aromatic carbocycles. The number of carbonyl (C=O) groups is 1. The molecule has 0 amide bonds. The molecule has 1 aliphatic heterocycles. The number of benzene rings is 2. The lowest BCUT2D eigenvalue weighted by molar-refractivity contribution is -0.141. The molecule has 2 heterocycles. The predicted molar refractivity (Wildman–Crippen MR) is 104 cm³/mol. The van der Waals surface area contributed by atoms with Crippen molar-refractivity contribution >= 4 is 17.0 Å². The normalized spacial score (nSPS) is 18.4. The first-order valence-corrected chi connectivity index (χ1v) is 9.42. The number of para-hydroxylation sites is 1. The van der Waals surface area contributed by atoms with Gasteiger partial charge in [0.05, 0.1) is 23.3 Å². The Labute approximate surface area is 174 Å². The van der Waals surface area contributed by atoms with Gasteiger partial charge in [0.15, 0.2) is 5.79 Å². The van der Waals surface area contributed by atoms with Crippen LogP contribution in [-0.4, -0.2) is 46.1 Å². The molecule has 0 bridgehead atoms. The van der Waals surface area contributed by atoms with Gasteiger partial charge in [0.2, 0.25) is 0 Å². The molecule has 1 unspecified atom stereocenters. The van der Waals surface area contributed by atoms with Crippen molar-refractivity contribution in [3.8, 4) is 17.1 Å². The maximum absolute atomic E-state index is 13.8. The lowest BCUT2D eigenvalue weighted by Gasteiger charge is -2.18. The largest absolute Gasteiger partial charge is 0.491 e. The number of alkyl halides is 3. The fourth-order valence-electron chi connectivity index (χ4n) is 3.42. The van der Waals surface area contributed by atoms with E-state index in [2.05, 4.69) is 9.97 Å². The molecule has 1 aromatic heterocycles. The second-order valence-electron chi connectivity index (χ2n) is 7.56. The molecule has 164 valence electrons. The fourth-order valence-corrected chi connectivity index (χ4v) is 3.42. The molecule has 31 heavy (non-hydrogen) atoms. The van der Waals surface area contributed by atoms with Gasteiger partial charge in [0.25, 0.3) is 0 Å². The number of aromatic nitrogens is 2. The number of H-pyrrole nitrogens is 1. The van der Waals surface area contributed by atoms with Gasteiger partial charge in [-0.1, -0.05) is 6.07 Å². The van der Waals surface area contributed by atoms with E-state index in [1.807, 2.05) is 0 Å². The van der Waals surface area contributed by atoms with Crippen molar-refractivity contribution in [1.29, 1.82) is 0 Å². The predicted octanol–water partition coefficient (Wildman–Crippen LogP) is 4.48. The summed E-state index contributed by atoms with van der Waals surface area (Å²) in [5.41, 5.74) is -0.863. The second kappa shape index (κ2) is 7.54. The number of aromatic amines is 1. The smallest absolute Gasteiger partial charge is 0.417 e. The zero-order chi connectivity index (χ0) is 22.4. The number of nitrogens with zero attached hydrogens (tertiary/aromatic N) is 1. The molecule has 0 spiro atoms. The van der Waals surface area contributed by atoms with E-state index in [0.29, 0.717) is 5.52 Å². The molecule has 2 N–H and O–H groups in total. The van der Waals surface area contributed by atoms with Crippen molar-refractivity contribution in [3.05, 3.63) is 47.5 Å². The Morgan fingerprint density at radius 2 is 2.10 bits per heavy atom. The minimum atomic E-state index is -4.68. The first-order chi connectivity index (χ1) is 14.5. The van der Waals surface area contributed by atoms with E-state index < -0.39 is 29.6 Å². The molecule has 1 fully saturated rings. The quantitative estimate of drug-likeness (QED) is 0.613. The van der Waals surface area contributed by atoms with Crippen LogP contribution >= 0.6 is 0 Å². The summed E-state index contributed by atoms with van der Waals surface area (Å²) in [4.78, 5) is 18.3. The molecule has 1 aliphatic rings. The van der Waals surface area contributed by atoms with Gasteiger partial charge in [-0.2, -0.15) is 13.2 Å². The number of hydrogen-bond acceptors (Lipinski definition) is 5. The maximum Gasteiger partial charge on any atom is 0.417 e. The van der Waals surface area contributed by atoms with Crippen molar-refractivity contribution in [2.75, 3.05) is 13.2 Å². The molecule has 1 saturated heterocycles. The summed E-state index contributed by atoms with van der Waals surface area (Å²) in [5.74, 6) is -2.04. The van der Waals surface area contributed by atoms with Gasteiger partial charge in [-0.25, -0.2) is 9.78 Å². The summed E-state index contributed by atoms with van der Waals surface area (Å²) in [6.45, 7) is 3.80. The molecular weight excluding hydrogens is 417 g/mol. The summed E-state index contributed by atoms with van der Waals surface area (Å²) in [6.07, 6.45) is -5.08. The van der Waals surface area contributed by atoms with Gasteiger partial charge in [-0.05, 0) is 44.2 Å². The van der Waals surface area contributed by atoms with E-state index in [1.165, 1.54) is 24.3 Å². The number of carboxylic acid groups (broad SMARTS) is 1. The van der Waals surface area contributed by atoms with E-state index in [0.717, 1.165) is 6.07 Å². The molecule has 3 aromatic rings. The third-order valence-electron chi connectivity index (χ3n) is 4.80. The molecule has 1 atom stereocenters. The van der Waals surface area contributed by atoms with Crippen LogP contribution in [0.15, 0.2) is 36.4 Å². The van der Waals surface area contributed by atoms with Gasteiger partial charge < -0.3 is 24.3 Å². The Morgan fingerprint density at radius 3 is 2.74 bits per heavy atom. The minimum Gasteiger partial charge on any atom is -0.491 e. The highest BCUT2D eigenvalue weighted by molar-refractivity contribution is 6.01. The Morgan fingerprint density at radius 1 is 1.32 bits per heavy atom. The van der Waals surface area contributed by atoms with Gasteiger partial charge >= 0.3 is 12.1 Å². The second-order valence-corrected chi connectivity index (χ2v) is 7.56. The molecule has 4 rings (SSSR count). The highest BCUT2D eigenvalue weighted by Gasteiger charge is 2.36. The first kappa shape index (κ1) is 21.1. The molecule has 7 nitrogen and oxygen atoms in total. The van der Waals surface area contributed by atoms with Crippen molar-refractivity contribution in [2.24, 2.45) is 0 Å². The van der Waals surface area contributed by atoms with Crippen LogP contribution in [0.25, 0.3) is 22.4 Å². The number of ether oxygens (including phenoxy) is 3. The van der Waals surface area contributed by atoms with Crippen molar-refractivity contribution < 1.29 is 37.3 Å². The van der Waals surface area contributed by atoms with Crippen molar-refractivity contribution in [3.63, 3.8) is 0 Å². The van der Waals surface area contributed by atoms with Gasteiger partial charge in [-0.15, -0.1) is 0 Å². The molecule has 10 heteroatoms. The van der Waals surface area contributed by atoms with Gasteiger partial charge in [-0.3, -0.25) is 0 Å². The number of rotatable bonds is 5. The monoisotopic (exact) mass is 436 g/mol. The third-order valence-corrected chi connectivity index (χ3v) is 4.80. The number of nitrogens with one attached hydrogen (secondary N) is 1. The van der Waals surface area contributed by atoms with E-state index in [1.54, 1.807) is 19.9 Å². The standard InChI is InChI=1S/C21H19F3N2O5/c1-20(2)30-10-12(31-20)9-29-11-6-7-13(15(8-11)21(22,23)24)18-25-16-5-3-4-14(19(27)28)17(16)26-18/h3-8,12H,9-10H2,1-2H3,(H,25,26)(H,27,28). The van der Waals surface area contributed by atoms with Crippen molar-refractivity contribution in [2.45, 2.75) is 31.9 Å². The van der Waals surface area contributed by atoms with Gasteiger partial charge in [0.1, 0.15) is 29.8 Å². The number of carboxylic acids is 1. The van der Waals surface area contributed by atoms with Crippen LogP contribution < -0.4 is 4.74 Å². The van der Waals surface area contributed by atoms with Crippen LogP contribution in [0, 0.1) is 0 Å². The first-order valence-electron chi connectivity index (χ1n) is 9.42. The average Bonchev–Trinajstić information content (AvgIpc) is 3.27. The Balaban J connectivity index is 1.66. The number of aromatic carboxylic acids is 1. The van der Waals surface area contributed by atoms with Crippen LogP contribution in [0.1, 0.15) is 29.8 Å². The third kappa shape index (κ3) is 4.35. The Kier molecular flexibility index (Phi) is 5.14. The molecule has 0 saturated carbocycles. The molecule has 0 radical (unpaired) electrons. The van der Waals surface area contributed by atoms with Crippen LogP contribution in [0.3, 0.4) is 0 Å². The number of imidazole rings is 1. The maximum atomic E-state index is 13.8. The van der Waals surface area contributed by atoms with Crippen LogP contribution in [-0.2, 0) is 15.7 Å². The zero-order valence-electron chi connectivity index (χ0n) is 16.6. The lowest BCUT2D eigenvalue weighted by atomic mass is 10.1. The fraction of sp³-hybridized carbons (Fsp3) is 0.333. The summed E-state index contributed by atoms with van der Waals surface area (Å²) in [5, 5.41) is 9.29. The Bertz CT molecular complexity index is 1140. The van der Waals surface area contributed by atoms with Gasteiger partial charge in [0, 0.05) is 5.56 Å². The lowest BCUT2D eigenvalue weighted by Crippen LogP contribution is -2.25.